The number of halogens is 1. The molecule has 9 heteroatoms. The van der Waals surface area contributed by atoms with E-state index in [1.165, 1.54) is 30.0 Å². The molecule has 0 heterocycles. The molecular weight excluding hydrogens is 388 g/mol. The summed E-state index contributed by atoms with van der Waals surface area (Å²) in [6.45, 7) is 1.52. The molecule has 0 unspecified atom stereocenters. The second kappa shape index (κ2) is 9.70. The summed E-state index contributed by atoms with van der Waals surface area (Å²) in [7, 11) is 1.56. The van der Waals surface area contributed by atoms with Gasteiger partial charge < -0.3 is 14.4 Å². The quantitative estimate of drug-likeness (QED) is 0.379. The second-order valence-corrected chi connectivity index (χ2v) is 6.34. The van der Waals surface area contributed by atoms with Gasteiger partial charge in [0.1, 0.15) is 12.4 Å². The van der Waals surface area contributed by atoms with Crippen LogP contribution in [0.2, 0.25) is 5.02 Å². The Morgan fingerprint density at radius 1 is 1.18 bits per heavy atom. The number of nitro benzene ring substituents is 1. The predicted molar refractivity (Wildman–Crippen MR) is 103 cm³/mol. The van der Waals surface area contributed by atoms with Crippen LogP contribution in [0.5, 0.6) is 5.75 Å². The van der Waals surface area contributed by atoms with Crippen LogP contribution in [0.4, 0.5) is 5.69 Å². The fourth-order valence-electron chi connectivity index (χ4n) is 2.31. The van der Waals surface area contributed by atoms with Gasteiger partial charge in [0.05, 0.1) is 17.0 Å². The van der Waals surface area contributed by atoms with E-state index in [0.717, 1.165) is 0 Å². The minimum Gasteiger partial charge on any atom is -0.492 e. The van der Waals surface area contributed by atoms with Crippen LogP contribution >= 0.6 is 11.6 Å². The van der Waals surface area contributed by atoms with Crippen molar-refractivity contribution in [1.82, 2.24) is 4.90 Å². The highest BCUT2D eigenvalue weighted by Crippen LogP contribution is 2.21. The van der Waals surface area contributed by atoms with E-state index in [9.17, 15) is 19.7 Å². The number of amides is 1. The normalized spacial score (nSPS) is 10.2. The fourth-order valence-corrected chi connectivity index (χ4v) is 2.44. The molecule has 0 aliphatic carbocycles. The molecule has 0 aliphatic rings. The molecule has 1 amide bonds. The van der Waals surface area contributed by atoms with Crippen LogP contribution in [0.1, 0.15) is 15.9 Å². The maximum Gasteiger partial charge on any atom is 0.339 e. The molecule has 0 aromatic heterocycles. The van der Waals surface area contributed by atoms with Gasteiger partial charge in [0, 0.05) is 23.7 Å². The molecule has 0 bridgehead atoms. The van der Waals surface area contributed by atoms with E-state index in [-0.39, 0.29) is 30.0 Å². The Hall–Kier alpha value is -3.13. The van der Waals surface area contributed by atoms with Gasteiger partial charge in [-0.2, -0.15) is 0 Å². The van der Waals surface area contributed by atoms with Gasteiger partial charge in [0.2, 0.25) is 0 Å². The summed E-state index contributed by atoms with van der Waals surface area (Å²) in [5.74, 6) is -0.589. The molecule has 2 aromatic carbocycles. The molecule has 0 atom stereocenters. The zero-order valence-corrected chi connectivity index (χ0v) is 16.1. The molecule has 8 nitrogen and oxygen atoms in total. The van der Waals surface area contributed by atoms with Crippen LogP contribution in [0.3, 0.4) is 0 Å². The van der Waals surface area contributed by atoms with Crippen molar-refractivity contribution in [2.24, 2.45) is 0 Å². The average Bonchev–Trinajstić information content (AvgIpc) is 2.67. The molecule has 28 heavy (non-hydrogen) atoms. The molecule has 0 saturated heterocycles. The molecule has 148 valence electrons. The number of hydrogen-bond donors (Lipinski definition) is 0. The standard InChI is InChI=1S/C19H19ClN2O6/c1-13-16(4-3-5-17(13)22(25)26)19(24)28-12-18(23)21(2)10-11-27-15-8-6-14(20)7-9-15/h3-9H,10-12H2,1-2H3. The number of likely N-dealkylation sites (N-methyl/N-ethyl adjacent to an activating group) is 1. The monoisotopic (exact) mass is 406 g/mol. The van der Waals surface area contributed by atoms with Gasteiger partial charge in [-0.25, -0.2) is 4.79 Å². The van der Waals surface area contributed by atoms with E-state index in [1.807, 2.05) is 0 Å². The van der Waals surface area contributed by atoms with Gasteiger partial charge in [-0.1, -0.05) is 17.7 Å². The van der Waals surface area contributed by atoms with E-state index in [4.69, 9.17) is 21.1 Å². The summed E-state index contributed by atoms with van der Waals surface area (Å²) in [5, 5.41) is 11.5. The first-order valence-electron chi connectivity index (χ1n) is 8.33. The fraction of sp³-hybridized carbons (Fsp3) is 0.263. The van der Waals surface area contributed by atoms with Crippen molar-refractivity contribution in [3.05, 3.63) is 68.7 Å². The zero-order chi connectivity index (χ0) is 20.7. The van der Waals surface area contributed by atoms with Gasteiger partial charge in [0.15, 0.2) is 6.61 Å². The number of esters is 1. The van der Waals surface area contributed by atoms with Crippen LogP contribution in [0, 0.1) is 17.0 Å². The highest BCUT2D eigenvalue weighted by Gasteiger charge is 2.20. The van der Waals surface area contributed by atoms with Crippen LogP contribution in [-0.4, -0.2) is 48.5 Å². The van der Waals surface area contributed by atoms with E-state index in [1.54, 1.807) is 31.3 Å². The summed E-state index contributed by atoms with van der Waals surface area (Å²) >= 11 is 5.79. The van der Waals surface area contributed by atoms with Crippen molar-refractivity contribution in [3.8, 4) is 5.75 Å². The van der Waals surface area contributed by atoms with Crippen molar-refractivity contribution < 1.29 is 24.0 Å². The van der Waals surface area contributed by atoms with Crippen LogP contribution in [-0.2, 0) is 9.53 Å². The van der Waals surface area contributed by atoms with E-state index >= 15 is 0 Å². The zero-order valence-electron chi connectivity index (χ0n) is 15.4. The summed E-state index contributed by atoms with van der Waals surface area (Å²) in [5.41, 5.74) is 0.0580. The lowest BCUT2D eigenvalue weighted by molar-refractivity contribution is -0.385. The smallest absolute Gasteiger partial charge is 0.339 e. The lowest BCUT2D eigenvalue weighted by Crippen LogP contribution is -2.34. The van der Waals surface area contributed by atoms with Crippen molar-refractivity contribution >= 4 is 29.2 Å². The number of carbonyl (C=O) groups is 2. The average molecular weight is 407 g/mol. The van der Waals surface area contributed by atoms with E-state index in [0.29, 0.717) is 10.8 Å². The van der Waals surface area contributed by atoms with Crippen LogP contribution < -0.4 is 4.74 Å². The topological polar surface area (TPSA) is 99.0 Å². The van der Waals surface area contributed by atoms with Crippen molar-refractivity contribution in [2.45, 2.75) is 6.92 Å². The Kier molecular flexibility index (Phi) is 7.34. The Morgan fingerprint density at radius 2 is 1.86 bits per heavy atom. The third-order valence-corrected chi connectivity index (χ3v) is 4.24. The number of ether oxygens (including phenoxy) is 2. The summed E-state index contributed by atoms with van der Waals surface area (Å²) in [6.07, 6.45) is 0. The molecule has 0 aliphatic heterocycles. The van der Waals surface area contributed by atoms with Crippen molar-refractivity contribution in [1.29, 1.82) is 0 Å². The summed E-state index contributed by atoms with van der Waals surface area (Å²) < 4.78 is 10.5. The van der Waals surface area contributed by atoms with Gasteiger partial charge in [-0.15, -0.1) is 0 Å². The summed E-state index contributed by atoms with van der Waals surface area (Å²) in [4.78, 5) is 36.0. The largest absolute Gasteiger partial charge is 0.492 e. The maximum absolute atomic E-state index is 12.1. The van der Waals surface area contributed by atoms with Gasteiger partial charge in [-0.05, 0) is 37.3 Å². The van der Waals surface area contributed by atoms with E-state index < -0.39 is 23.4 Å². The highest BCUT2D eigenvalue weighted by molar-refractivity contribution is 6.30. The summed E-state index contributed by atoms with van der Waals surface area (Å²) in [6, 6.07) is 10.9. The molecule has 2 aromatic rings. The number of nitro groups is 1. The Morgan fingerprint density at radius 3 is 2.50 bits per heavy atom. The number of rotatable bonds is 8. The Bertz CT molecular complexity index is 869. The molecule has 0 N–H and O–H groups in total. The first-order chi connectivity index (χ1) is 13.3. The molecule has 0 saturated carbocycles. The van der Waals surface area contributed by atoms with Crippen LogP contribution in [0.25, 0.3) is 0 Å². The molecule has 0 fully saturated rings. The lowest BCUT2D eigenvalue weighted by Gasteiger charge is -2.17. The maximum atomic E-state index is 12.1. The minimum absolute atomic E-state index is 0.0516. The third kappa shape index (κ3) is 5.68. The van der Waals surface area contributed by atoms with Gasteiger partial charge >= 0.3 is 5.97 Å². The number of hydrogen-bond acceptors (Lipinski definition) is 6. The number of benzene rings is 2. The first-order valence-corrected chi connectivity index (χ1v) is 8.71. The van der Waals surface area contributed by atoms with Crippen molar-refractivity contribution in [3.63, 3.8) is 0 Å². The van der Waals surface area contributed by atoms with E-state index in [2.05, 4.69) is 0 Å². The van der Waals surface area contributed by atoms with Gasteiger partial charge in [0.25, 0.3) is 11.6 Å². The Balaban J connectivity index is 1.82. The second-order valence-electron chi connectivity index (χ2n) is 5.90. The first kappa shape index (κ1) is 21.2. The van der Waals surface area contributed by atoms with Crippen molar-refractivity contribution in [2.75, 3.05) is 26.8 Å². The molecule has 0 spiro atoms. The Labute approximate surface area is 166 Å². The number of carbonyl (C=O) groups excluding carboxylic acids is 2. The van der Waals surface area contributed by atoms with Crippen LogP contribution in [0.15, 0.2) is 42.5 Å². The molecular formula is C19H19ClN2O6. The SMILES string of the molecule is Cc1c(C(=O)OCC(=O)N(C)CCOc2ccc(Cl)cc2)cccc1[N+](=O)[O-]. The number of nitrogens with zero attached hydrogens (tertiary/aromatic N) is 2. The van der Waals surface area contributed by atoms with Gasteiger partial charge in [-0.3, -0.25) is 14.9 Å². The lowest BCUT2D eigenvalue weighted by atomic mass is 10.1. The predicted octanol–water partition coefficient (Wildman–Crippen LogP) is 3.25. The minimum atomic E-state index is -0.791. The molecule has 0 radical (unpaired) electrons. The third-order valence-electron chi connectivity index (χ3n) is 3.98. The highest BCUT2D eigenvalue weighted by atomic mass is 35.5. The molecule has 2 rings (SSSR count).